The second-order valence-electron chi connectivity index (χ2n) is 8.29. The molecule has 0 bridgehead atoms. The molecule has 174 valence electrons. The van der Waals surface area contributed by atoms with Crippen LogP contribution in [0.5, 0.6) is 0 Å². The topological polar surface area (TPSA) is 110 Å². The van der Waals surface area contributed by atoms with Crippen molar-refractivity contribution >= 4 is 46.3 Å². The van der Waals surface area contributed by atoms with Crippen LogP contribution < -0.4 is 10.9 Å². The summed E-state index contributed by atoms with van der Waals surface area (Å²) in [5, 5.41) is 3.01. The summed E-state index contributed by atoms with van der Waals surface area (Å²) in [5.74, 6) is -0.736. The summed E-state index contributed by atoms with van der Waals surface area (Å²) in [4.78, 5) is 44.7. The van der Waals surface area contributed by atoms with Gasteiger partial charge >= 0.3 is 12.1 Å². The molecular weight excluding hydrogens is 469 g/mol. The highest BCUT2D eigenvalue weighted by atomic mass is 35.5. The Bertz CT molecular complexity index is 1220. The molecule has 0 saturated heterocycles. The number of amides is 1. The van der Waals surface area contributed by atoms with Crippen LogP contribution in [-0.2, 0) is 27.3 Å². The highest BCUT2D eigenvalue weighted by molar-refractivity contribution is 6.42. The molecule has 1 atom stereocenters. The molecule has 3 aromatic rings. The van der Waals surface area contributed by atoms with Gasteiger partial charge in [0.25, 0.3) is 5.56 Å². The molecule has 2 aromatic carbocycles. The SMILES string of the molecule is CC(C)(C)OC(=O)N[C@@H](Cc1nc2cc(Cl)c(Cl)cc2[nH]c1=O)C(=O)OCc1ccccc1. The van der Waals surface area contributed by atoms with Crippen LogP contribution in [0.2, 0.25) is 10.0 Å². The van der Waals surface area contributed by atoms with E-state index in [1.165, 1.54) is 12.1 Å². The summed E-state index contributed by atoms with van der Waals surface area (Å²) in [6.45, 7) is 5.08. The van der Waals surface area contributed by atoms with Crippen LogP contribution >= 0.6 is 23.2 Å². The number of H-pyrrole nitrogens is 1. The first kappa shape index (κ1) is 24.5. The molecule has 0 radical (unpaired) electrons. The van der Waals surface area contributed by atoms with Gasteiger partial charge in [0.15, 0.2) is 0 Å². The molecule has 0 aliphatic carbocycles. The van der Waals surface area contributed by atoms with Crippen molar-refractivity contribution in [2.24, 2.45) is 0 Å². The van der Waals surface area contributed by atoms with E-state index in [-0.39, 0.29) is 28.8 Å². The van der Waals surface area contributed by atoms with Crippen molar-refractivity contribution in [2.45, 2.75) is 45.4 Å². The predicted molar refractivity (Wildman–Crippen MR) is 125 cm³/mol. The van der Waals surface area contributed by atoms with Crippen LogP contribution in [0.1, 0.15) is 32.0 Å². The van der Waals surface area contributed by atoms with Crippen LogP contribution in [0.15, 0.2) is 47.3 Å². The van der Waals surface area contributed by atoms with Gasteiger partial charge in [0, 0.05) is 6.42 Å². The van der Waals surface area contributed by atoms with Crippen molar-refractivity contribution in [3.8, 4) is 0 Å². The van der Waals surface area contributed by atoms with E-state index >= 15 is 0 Å². The van der Waals surface area contributed by atoms with Crippen LogP contribution in [-0.4, -0.2) is 33.7 Å². The Morgan fingerprint density at radius 1 is 1.12 bits per heavy atom. The summed E-state index contributed by atoms with van der Waals surface area (Å²) in [5.41, 5.74) is 0.243. The summed E-state index contributed by atoms with van der Waals surface area (Å²) in [6, 6.07) is 10.9. The molecular formula is C23H23Cl2N3O5. The van der Waals surface area contributed by atoms with E-state index in [1.54, 1.807) is 32.9 Å². The Morgan fingerprint density at radius 3 is 2.45 bits per heavy atom. The van der Waals surface area contributed by atoms with Crippen molar-refractivity contribution < 1.29 is 19.1 Å². The van der Waals surface area contributed by atoms with Crippen molar-refractivity contribution in [1.82, 2.24) is 15.3 Å². The van der Waals surface area contributed by atoms with E-state index in [9.17, 15) is 14.4 Å². The fourth-order valence-electron chi connectivity index (χ4n) is 2.92. The summed E-state index contributed by atoms with van der Waals surface area (Å²) in [6.07, 6.45) is -1.05. The number of fused-ring (bicyclic) bond motifs is 1. The molecule has 1 amide bonds. The minimum absolute atomic E-state index is 0.00177. The minimum atomic E-state index is -1.21. The van der Waals surface area contributed by atoms with Gasteiger partial charge in [-0.3, -0.25) is 4.79 Å². The Balaban J connectivity index is 1.85. The maximum absolute atomic E-state index is 12.8. The number of carbonyl (C=O) groups is 2. The molecule has 10 heteroatoms. The quantitative estimate of drug-likeness (QED) is 0.494. The third-order valence-electron chi connectivity index (χ3n) is 4.40. The molecule has 0 saturated carbocycles. The van der Waals surface area contributed by atoms with E-state index in [1.807, 2.05) is 18.2 Å². The third-order valence-corrected chi connectivity index (χ3v) is 5.12. The van der Waals surface area contributed by atoms with Crippen LogP contribution in [0.3, 0.4) is 0 Å². The standard InChI is InChI=1S/C23H23Cl2N3O5/c1-23(2,3)33-22(31)28-19(21(30)32-12-13-7-5-4-6-8-13)11-18-20(29)27-17-10-15(25)14(24)9-16(17)26-18/h4-10,19H,11-12H2,1-3H3,(H,27,29)(H,28,31)/t19-/m0/s1. The van der Waals surface area contributed by atoms with E-state index in [4.69, 9.17) is 32.7 Å². The molecule has 0 spiro atoms. The van der Waals surface area contributed by atoms with E-state index < -0.39 is 29.3 Å². The lowest BCUT2D eigenvalue weighted by Crippen LogP contribution is -2.46. The lowest BCUT2D eigenvalue weighted by molar-refractivity contribution is -0.147. The first-order chi connectivity index (χ1) is 15.5. The number of alkyl carbamates (subject to hydrolysis) is 1. The Hall–Kier alpha value is -3.10. The largest absolute Gasteiger partial charge is 0.459 e. The number of benzene rings is 2. The van der Waals surface area contributed by atoms with Gasteiger partial charge in [-0.1, -0.05) is 53.5 Å². The number of aromatic amines is 1. The number of aromatic nitrogens is 2. The van der Waals surface area contributed by atoms with Crippen molar-refractivity contribution in [3.63, 3.8) is 0 Å². The highest BCUT2D eigenvalue weighted by Crippen LogP contribution is 2.25. The zero-order valence-electron chi connectivity index (χ0n) is 18.3. The van der Waals surface area contributed by atoms with Crippen molar-refractivity contribution in [2.75, 3.05) is 0 Å². The second-order valence-corrected chi connectivity index (χ2v) is 9.11. The number of hydrogen-bond acceptors (Lipinski definition) is 6. The Morgan fingerprint density at radius 2 is 1.79 bits per heavy atom. The lowest BCUT2D eigenvalue weighted by Gasteiger charge is -2.22. The number of carbonyl (C=O) groups excluding carboxylic acids is 2. The highest BCUT2D eigenvalue weighted by Gasteiger charge is 2.27. The van der Waals surface area contributed by atoms with Crippen molar-refractivity contribution in [3.05, 3.63) is 74.1 Å². The third kappa shape index (κ3) is 6.94. The Labute approximate surface area is 200 Å². The average Bonchev–Trinajstić information content (AvgIpc) is 2.73. The predicted octanol–water partition coefficient (Wildman–Crippen LogP) is 4.41. The van der Waals surface area contributed by atoms with Gasteiger partial charge in [0.2, 0.25) is 0 Å². The number of esters is 1. The average molecular weight is 492 g/mol. The van der Waals surface area contributed by atoms with Gasteiger partial charge in [0.1, 0.15) is 23.9 Å². The lowest BCUT2D eigenvalue weighted by atomic mass is 10.1. The summed E-state index contributed by atoms with van der Waals surface area (Å²) < 4.78 is 10.6. The fraction of sp³-hybridized carbons (Fsp3) is 0.304. The van der Waals surface area contributed by atoms with Gasteiger partial charge in [-0.15, -0.1) is 0 Å². The first-order valence-corrected chi connectivity index (χ1v) is 10.9. The fourth-order valence-corrected chi connectivity index (χ4v) is 3.25. The van der Waals surface area contributed by atoms with Crippen LogP contribution in [0, 0.1) is 0 Å². The molecule has 2 N–H and O–H groups in total. The molecule has 0 aliphatic rings. The van der Waals surface area contributed by atoms with Gasteiger partial charge in [-0.25, -0.2) is 14.6 Å². The molecule has 8 nitrogen and oxygen atoms in total. The maximum Gasteiger partial charge on any atom is 0.408 e. The molecule has 3 rings (SSSR count). The molecule has 0 fully saturated rings. The zero-order valence-corrected chi connectivity index (χ0v) is 19.8. The number of rotatable bonds is 6. The monoisotopic (exact) mass is 491 g/mol. The number of nitrogens with zero attached hydrogens (tertiary/aromatic N) is 1. The first-order valence-electron chi connectivity index (χ1n) is 10.1. The molecule has 1 aromatic heterocycles. The number of ether oxygens (including phenoxy) is 2. The van der Waals surface area contributed by atoms with Crippen LogP contribution in [0.25, 0.3) is 11.0 Å². The number of hydrogen-bond donors (Lipinski definition) is 2. The molecule has 1 heterocycles. The van der Waals surface area contributed by atoms with Crippen molar-refractivity contribution in [1.29, 1.82) is 0 Å². The summed E-state index contributed by atoms with van der Waals surface area (Å²) >= 11 is 12.1. The van der Waals surface area contributed by atoms with Crippen LogP contribution in [0.4, 0.5) is 4.79 Å². The maximum atomic E-state index is 12.8. The van der Waals surface area contributed by atoms with E-state index in [0.29, 0.717) is 11.0 Å². The van der Waals surface area contributed by atoms with E-state index in [0.717, 1.165) is 5.56 Å². The molecule has 33 heavy (non-hydrogen) atoms. The molecule has 0 aliphatic heterocycles. The van der Waals surface area contributed by atoms with E-state index in [2.05, 4.69) is 15.3 Å². The summed E-state index contributed by atoms with van der Waals surface area (Å²) in [7, 11) is 0. The van der Waals surface area contributed by atoms with Gasteiger partial charge in [0.05, 0.1) is 21.1 Å². The minimum Gasteiger partial charge on any atom is -0.459 e. The smallest absolute Gasteiger partial charge is 0.408 e. The number of nitrogens with one attached hydrogen (secondary N) is 2. The second kappa shape index (κ2) is 10.2. The Kier molecular flexibility index (Phi) is 7.61. The normalized spacial score (nSPS) is 12.3. The molecule has 0 unspecified atom stereocenters. The van der Waals surface area contributed by atoms with Gasteiger partial charge in [-0.05, 0) is 38.5 Å². The van der Waals surface area contributed by atoms with Gasteiger partial charge < -0.3 is 19.8 Å². The zero-order chi connectivity index (χ0) is 24.2. The van der Waals surface area contributed by atoms with Gasteiger partial charge in [-0.2, -0.15) is 0 Å². The number of halogens is 2.